The lowest BCUT2D eigenvalue weighted by Crippen LogP contribution is -2.52. The molecule has 2 fully saturated rings. The molecule has 2 rings (SSSR count). The Bertz CT molecular complexity index is 402. The van der Waals surface area contributed by atoms with E-state index in [1.807, 2.05) is 0 Å². The van der Waals surface area contributed by atoms with E-state index in [9.17, 15) is 18.4 Å². The number of carboxylic acid groups (broad SMARTS) is 1. The number of amides is 2. The first-order chi connectivity index (χ1) is 10.4. The lowest BCUT2D eigenvalue weighted by atomic mass is 9.82. The molecule has 0 spiro atoms. The van der Waals surface area contributed by atoms with Crippen molar-refractivity contribution in [3.63, 3.8) is 0 Å². The monoisotopic (exact) mass is 318 g/mol. The molecule has 0 aromatic carbocycles. The summed E-state index contributed by atoms with van der Waals surface area (Å²) in [4.78, 5) is 24.6. The van der Waals surface area contributed by atoms with Crippen LogP contribution in [0.1, 0.15) is 51.4 Å². The Kier molecular flexibility index (Phi) is 5.58. The minimum atomic E-state index is -2.69. The molecule has 7 heteroatoms. The van der Waals surface area contributed by atoms with Crippen molar-refractivity contribution >= 4 is 12.0 Å². The Labute approximate surface area is 129 Å². The van der Waals surface area contributed by atoms with Crippen LogP contribution in [0.25, 0.3) is 0 Å². The van der Waals surface area contributed by atoms with E-state index in [0.717, 1.165) is 32.1 Å². The highest BCUT2D eigenvalue weighted by Gasteiger charge is 2.36. The van der Waals surface area contributed by atoms with Gasteiger partial charge in [0.15, 0.2) is 0 Å². The standard InChI is InChI=1S/C15H24F2N2O3/c16-15(17)6-8-19(9-7-15)14(22)18-12(10-13(20)21)11-4-2-1-3-5-11/h11-12H,1-10H2,(H,18,22)(H,20,21)/t12-/m1/s1. The van der Waals surface area contributed by atoms with E-state index >= 15 is 0 Å². The van der Waals surface area contributed by atoms with Gasteiger partial charge in [-0.2, -0.15) is 0 Å². The number of hydrogen-bond acceptors (Lipinski definition) is 2. The zero-order chi connectivity index (χ0) is 16.2. The fourth-order valence-corrected chi connectivity index (χ4v) is 3.35. The SMILES string of the molecule is O=C(O)C[C@@H](NC(=O)N1CCC(F)(F)CC1)C1CCCCC1. The quantitative estimate of drug-likeness (QED) is 0.837. The number of alkyl halides is 2. The van der Waals surface area contributed by atoms with Gasteiger partial charge in [0.25, 0.3) is 5.92 Å². The van der Waals surface area contributed by atoms with Gasteiger partial charge in [-0.15, -0.1) is 0 Å². The molecular formula is C15H24F2N2O3. The molecule has 0 bridgehead atoms. The highest BCUT2D eigenvalue weighted by Crippen LogP contribution is 2.29. The Morgan fingerprint density at radius 3 is 2.32 bits per heavy atom. The number of aliphatic carboxylic acids is 1. The summed E-state index contributed by atoms with van der Waals surface area (Å²) in [5.41, 5.74) is 0. The van der Waals surface area contributed by atoms with Crippen LogP contribution >= 0.6 is 0 Å². The number of carbonyl (C=O) groups is 2. The Hall–Kier alpha value is -1.40. The third kappa shape index (κ3) is 4.81. The second-order valence-corrected chi connectivity index (χ2v) is 6.39. The van der Waals surface area contributed by atoms with Gasteiger partial charge in [0.1, 0.15) is 0 Å². The Morgan fingerprint density at radius 1 is 1.18 bits per heavy atom. The van der Waals surface area contributed by atoms with Gasteiger partial charge in [0.2, 0.25) is 0 Å². The summed E-state index contributed by atoms with van der Waals surface area (Å²) in [5.74, 6) is -3.47. The lowest BCUT2D eigenvalue weighted by Gasteiger charge is -2.35. The van der Waals surface area contributed by atoms with E-state index in [0.29, 0.717) is 0 Å². The topological polar surface area (TPSA) is 69.6 Å². The van der Waals surface area contributed by atoms with Crippen molar-refractivity contribution in [2.45, 2.75) is 63.3 Å². The van der Waals surface area contributed by atoms with Crippen LogP contribution in [0.4, 0.5) is 13.6 Å². The molecule has 1 aliphatic carbocycles. The Morgan fingerprint density at radius 2 is 1.77 bits per heavy atom. The number of rotatable bonds is 4. The molecule has 1 heterocycles. The predicted molar refractivity (Wildman–Crippen MR) is 76.9 cm³/mol. The molecule has 22 heavy (non-hydrogen) atoms. The summed E-state index contributed by atoms with van der Waals surface area (Å²) in [6, 6.07) is -0.819. The summed E-state index contributed by atoms with van der Waals surface area (Å²) in [6.07, 6.45) is 4.30. The number of carbonyl (C=O) groups excluding carboxylic acids is 1. The van der Waals surface area contributed by atoms with Crippen LogP contribution in [0, 0.1) is 5.92 Å². The molecule has 0 radical (unpaired) electrons. The predicted octanol–water partition coefficient (Wildman–Crippen LogP) is 2.85. The number of nitrogens with one attached hydrogen (secondary N) is 1. The molecule has 2 N–H and O–H groups in total. The molecule has 0 aromatic heterocycles. The summed E-state index contributed by atoms with van der Waals surface area (Å²) in [7, 11) is 0. The molecule has 1 saturated heterocycles. The van der Waals surface area contributed by atoms with Gasteiger partial charge in [-0.05, 0) is 18.8 Å². The average molecular weight is 318 g/mol. The molecule has 1 aliphatic heterocycles. The number of halogens is 2. The fraction of sp³-hybridized carbons (Fsp3) is 0.867. The maximum atomic E-state index is 13.1. The van der Waals surface area contributed by atoms with E-state index in [-0.39, 0.29) is 38.3 Å². The van der Waals surface area contributed by atoms with Crippen molar-refractivity contribution in [3.05, 3.63) is 0 Å². The maximum Gasteiger partial charge on any atom is 0.317 e. The molecule has 126 valence electrons. The highest BCUT2D eigenvalue weighted by atomic mass is 19.3. The van der Waals surface area contributed by atoms with Crippen molar-refractivity contribution in [1.82, 2.24) is 10.2 Å². The average Bonchev–Trinajstić information content (AvgIpc) is 2.47. The van der Waals surface area contributed by atoms with E-state index < -0.39 is 24.0 Å². The number of likely N-dealkylation sites (tertiary alicyclic amines) is 1. The van der Waals surface area contributed by atoms with Gasteiger partial charge in [0.05, 0.1) is 6.42 Å². The van der Waals surface area contributed by atoms with Crippen molar-refractivity contribution < 1.29 is 23.5 Å². The lowest BCUT2D eigenvalue weighted by molar-refractivity contribution is -0.137. The van der Waals surface area contributed by atoms with Gasteiger partial charge >= 0.3 is 12.0 Å². The third-order valence-electron chi connectivity index (χ3n) is 4.70. The van der Waals surface area contributed by atoms with Crippen LogP contribution in [-0.2, 0) is 4.79 Å². The molecule has 0 aromatic rings. The summed E-state index contributed by atoms with van der Waals surface area (Å²) >= 11 is 0. The van der Waals surface area contributed by atoms with Gasteiger partial charge in [-0.1, -0.05) is 19.3 Å². The van der Waals surface area contributed by atoms with E-state index in [4.69, 9.17) is 5.11 Å². The summed E-state index contributed by atoms with van der Waals surface area (Å²) in [5, 5.41) is 11.8. The summed E-state index contributed by atoms with van der Waals surface area (Å²) < 4.78 is 26.3. The maximum absolute atomic E-state index is 13.1. The van der Waals surface area contributed by atoms with E-state index in [1.54, 1.807) is 0 Å². The minimum Gasteiger partial charge on any atom is -0.481 e. The van der Waals surface area contributed by atoms with Crippen molar-refractivity contribution in [3.8, 4) is 0 Å². The molecule has 0 unspecified atom stereocenters. The summed E-state index contributed by atoms with van der Waals surface area (Å²) in [6.45, 7) is 0.0343. The normalized spacial score (nSPS) is 23.8. The van der Waals surface area contributed by atoms with Gasteiger partial charge in [-0.25, -0.2) is 13.6 Å². The van der Waals surface area contributed by atoms with Crippen molar-refractivity contribution in [1.29, 1.82) is 0 Å². The van der Waals surface area contributed by atoms with Crippen LogP contribution in [0.2, 0.25) is 0 Å². The minimum absolute atomic E-state index is 0.0172. The third-order valence-corrected chi connectivity index (χ3v) is 4.70. The molecule has 2 aliphatic rings. The Balaban J connectivity index is 1.91. The first-order valence-electron chi connectivity index (χ1n) is 8.02. The van der Waals surface area contributed by atoms with Crippen molar-refractivity contribution in [2.75, 3.05) is 13.1 Å². The zero-order valence-electron chi connectivity index (χ0n) is 12.7. The molecule has 1 saturated carbocycles. The number of nitrogens with zero attached hydrogens (tertiary/aromatic N) is 1. The second-order valence-electron chi connectivity index (χ2n) is 6.39. The van der Waals surface area contributed by atoms with Crippen LogP contribution in [0.5, 0.6) is 0 Å². The highest BCUT2D eigenvalue weighted by molar-refractivity contribution is 5.76. The van der Waals surface area contributed by atoms with Crippen molar-refractivity contribution in [2.24, 2.45) is 5.92 Å². The smallest absolute Gasteiger partial charge is 0.317 e. The largest absolute Gasteiger partial charge is 0.481 e. The van der Waals surface area contributed by atoms with Gasteiger partial charge in [0, 0.05) is 32.0 Å². The number of piperidine rings is 1. The molecule has 5 nitrogen and oxygen atoms in total. The number of carboxylic acids is 1. The molecule has 1 atom stereocenters. The van der Waals surface area contributed by atoms with Crippen LogP contribution in [0.15, 0.2) is 0 Å². The first kappa shape index (κ1) is 17.0. The van der Waals surface area contributed by atoms with Gasteiger partial charge in [-0.3, -0.25) is 4.79 Å². The van der Waals surface area contributed by atoms with Crippen LogP contribution in [0.3, 0.4) is 0 Å². The van der Waals surface area contributed by atoms with E-state index in [1.165, 1.54) is 4.90 Å². The molecular weight excluding hydrogens is 294 g/mol. The molecule has 2 amide bonds. The second kappa shape index (κ2) is 7.24. The number of urea groups is 1. The zero-order valence-corrected chi connectivity index (χ0v) is 12.7. The fourth-order valence-electron chi connectivity index (χ4n) is 3.35. The first-order valence-corrected chi connectivity index (χ1v) is 8.02. The van der Waals surface area contributed by atoms with Crippen LogP contribution < -0.4 is 5.32 Å². The number of hydrogen-bond donors (Lipinski definition) is 2. The van der Waals surface area contributed by atoms with E-state index in [2.05, 4.69) is 5.32 Å². The van der Waals surface area contributed by atoms with Crippen LogP contribution in [-0.4, -0.2) is 47.1 Å². The van der Waals surface area contributed by atoms with Gasteiger partial charge < -0.3 is 15.3 Å².